The Bertz CT molecular complexity index is 7330. The second-order valence-electron chi connectivity index (χ2n) is 30.5. The molecule has 0 aliphatic carbocycles. The maximum atomic E-state index is 7.15. The third kappa shape index (κ3) is 12.3. The fourth-order valence-electron chi connectivity index (χ4n) is 17.9. The lowest BCUT2D eigenvalue weighted by molar-refractivity contribution is 0.477. The van der Waals surface area contributed by atoms with Crippen LogP contribution >= 0.6 is 0 Å². The number of rotatable bonds is 15. The van der Waals surface area contributed by atoms with Gasteiger partial charge in [0, 0.05) is 44.5 Å². The maximum absolute atomic E-state index is 7.15. The van der Waals surface area contributed by atoms with Crippen LogP contribution in [-0.4, -0.2) is 19.5 Å². The largest absolute Gasteiger partial charge is 0.453 e. The smallest absolute Gasteiger partial charge is 0.160 e. The zero-order valence-electron chi connectivity index (χ0n) is 64.6. The minimum Gasteiger partial charge on any atom is -0.453 e. The number of hydrogen-bond donors (Lipinski definition) is 0. The van der Waals surface area contributed by atoms with E-state index in [1.807, 2.05) is 6.07 Å². The van der Waals surface area contributed by atoms with Crippen molar-refractivity contribution in [1.29, 1.82) is 0 Å². The summed E-state index contributed by atoms with van der Waals surface area (Å²) in [4.78, 5) is 21.1. The van der Waals surface area contributed by atoms with Gasteiger partial charge in [-0.2, -0.15) is 0 Å². The van der Waals surface area contributed by atoms with Gasteiger partial charge in [0.15, 0.2) is 28.8 Å². The molecule has 0 amide bonds. The Balaban J connectivity index is 0.645. The summed E-state index contributed by atoms with van der Waals surface area (Å²) < 4.78 is 16.4. The van der Waals surface area contributed by atoms with Crippen LogP contribution in [0.1, 0.15) is 16.8 Å². The lowest BCUT2D eigenvalue weighted by Crippen LogP contribution is -2.15. The SMILES string of the molecule is Cc1ccc2ccccc2c1-c1c(CCc2cc(-c3ccccc3)nc(-c3ccc(-c4ccccc4)cc3)n2)cccc1-c1ccc2c(c1)Oc1ccccc1N2c1cccc(-c2ccccc2-c2cc(-c3ccccc3)cc(-n3c4cccc(-c5ccc6c(c5)Oc5ccccc5N6c5ccccc5)c4c4c5ccccc5ccc43)n2)c1. The van der Waals surface area contributed by atoms with Gasteiger partial charge in [0.1, 0.15) is 5.82 Å². The van der Waals surface area contributed by atoms with Crippen LogP contribution in [0.5, 0.6) is 23.0 Å². The van der Waals surface area contributed by atoms with Gasteiger partial charge in [-0.1, -0.05) is 303 Å². The van der Waals surface area contributed by atoms with Gasteiger partial charge < -0.3 is 19.3 Å². The van der Waals surface area contributed by atoms with Gasteiger partial charge >= 0.3 is 0 Å². The van der Waals surface area contributed by atoms with Crippen LogP contribution in [0.3, 0.4) is 0 Å². The van der Waals surface area contributed by atoms with Crippen molar-refractivity contribution in [3.63, 3.8) is 0 Å². The molecule has 2 aliphatic heterocycles. The molecule has 20 aromatic rings. The lowest BCUT2D eigenvalue weighted by atomic mass is 9.84. The molecule has 0 unspecified atom stereocenters. The van der Waals surface area contributed by atoms with E-state index in [2.05, 4.69) is 422 Å². The summed E-state index contributed by atoms with van der Waals surface area (Å²) in [6.07, 6.45) is 1.40. The summed E-state index contributed by atoms with van der Waals surface area (Å²) in [6, 6.07) is 145. The molecule has 0 saturated carbocycles. The van der Waals surface area contributed by atoms with Crippen LogP contribution in [0, 0.1) is 6.92 Å². The number of aromatic nitrogens is 4. The second kappa shape index (κ2) is 29.2. The molecule has 0 fully saturated rings. The molecule has 22 rings (SSSR count). The second-order valence-corrected chi connectivity index (χ2v) is 30.5. The van der Waals surface area contributed by atoms with E-state index in [0.717, 1.165) is 186 Å². The summed E-state index contributed by atoms with van der Waals surface area (Å²) >= 11 is 0. The van der Waals surface area contributed by atoms with E-state index < -0.39 is 0 Å². The molecular formula is C110H74N6O2. The normalized spacial score (nSPS) is 12.1. The average molecular weight is 1510 g/mol. The van der Waals surface area contributed by atoms with Crippen molar-refractivity contribution >= 4 is 77.5 Å². The third-order valence-electron chi connectivity index (χ3n) is 23.4. The molecule has 0 spiro atoms. The third-order valence-corrected chi connectivity index (χ3v) is 23.4. The van der Waals surface area contributed by atoms with Gasteiger partial charge in [-0.25, -0.2) is 15.0 Å². The van der Waals surface area contributed by atoms with Crippen LogP contribution < -0.4 is 19.3 Å². The molecule has 118 heavy (non-hydrogen) atoms. The van der Waals surface area contributed by atoms with Crippen molar-refractivity contribution in [2.24, 2.45) is 0 Å². The van der Waals surface area contributed by atoms with E-state index in [-0.39, 0.29) is 0 Å². The van der Waals surface area contributed by atoms with Gasteiger partial charge in [-0.15, -0.1) is 0 Å². The van der Waals surface area contributed by atoms with E-state index >= 15 is 0 Å². The highest BCUT2D eigenvalue weighted by Gasteiger charge is 2.31. The van der Waals surface area contributed by atoms with E-state index in [0.29, 0.717) is 12.2 Å². The van der Waals surface area contributed by atoms with E-state index in [4.69, 9.17) is 24.4 Å². The van der Waals surface area contributed by atoms with Crippen molar-refractivity contribution in [2.45, 2.75) is 19.8 Å². The Kier molecular flexibility index (Phi) is 17.1. The number of pyridine rings is 1. The zero-order chi connectivity index (χ0) is 78.2. The average Bonchev–Trinajstić information content (AvgIpc) is 1.53. The predicted molar refractivity (Wildman–Crippen MR) is 486 cm³/mol. The minimum absolute atomic E-state index is 0.681. The molecule has 17 aromatic carbocycles. The van der Waals surface area contributed by atoms with E-state index in [9.17, 15) is 0 Å². The Morgan fingerprint density at radius 2 is 0.771 bits per heavy atom. The molecule has 0 atom stereocenters. The summed E-state index contributed by atoms with van der Waals surface area (Å²) in [5, 5.41) is 7.01. The molecule has 3 aromatic heterocycles. The number of ether oxygens (including phenoxy) is 2. The first-order valence-corrected chi connectivity index (χ1v) is 40.3. The molecule has 0 N–H and O–H groups in total. The molecular weight excluding hydrogens is 1440 g/mol. The van der Waals surface area contributed by atoms with Crippen LogP contribution in [0.2, 0.25) is 0 Å². The number of anilines is 6. The van der Waals surface area contributed by atoms with E-state index in [1.54, 1.807) is 0 Å². The number of aryl methyl sites for hydroxylation is 3. The van der Waals surface area contributed by atoms with Gasteiger partial charge in [0.05, 0.1) is 45.2 Å². The fraction of sp³-hybridized carbons (Fsp3) is 0.0273. The molecule has 0 bridgehead atoms. The van der Waals surface area contributed by atoms with Crippen molar-refractivity contribution in [3.8, 4) is 129 Å². The lowest BCUT2D eigenvalue weighted by Gasteiger charge is -2.33. The van der Waals surface area contributed by atoms with Crippen LogP contribution in [-0.2, 0) is 12.8 Å². The van der Waals surface area contributed by atoms with Crippen LogP contribution in [0.25, 0.3) is 150 Å². The number of nitrogens with zero attached hydrogens (tertiary/aromatic N) is 6. The Morgan fingerprint density at radius 3 is 1.49 bits per heavy atom. The highest BCUT2D eigenvalue weighted by molar-refractivity contribution is 6.25. The zero-order valence-corrected chi connectivity index (χ0v) is 64.6. The van der Waals surface area contributed by atoms with Crippen molar-refractivity contribution in [2.75, 3.05) is 9.80 Å². The predicted octanol–water partition coefficient (Wildman–Crippen LogP) is 29.5. The number of benzene rings is 17. The highest BCUT2D eigenvalue weighted by atomic mass is 16.5. The van der Waals surface area contributed by atoms with Crippen LogP contribution in [0.4, 0.5) is 34.1 Å². The maximum Gasteiger partial charge on any atom is 0.160 e. The van der Waals surface area contributed by atoms with Gasteiger partial charge in [0.2, 0.25) is 0 Å². The molecule has 5 heterocycles. The Morgan fingerprint density at radius 1 is 0.271 bits per heavy atom. The summed E-state index contributed by atoms with van der Waals surface area (Å²) in [5.41, 5.74) is 29.4. The molecule has 8 nitrogen and oxygen atoms in total. The first-order valence-electron chi connectivity index (χ1n) is 40.3. The first-order chi connectivity index (χ1) is 58.4. The summed E-state index contributed by atoms with van der Waals surface area (Å²) in [6.45, 7) is 2.25. The molecule has 556 valence electrons. The van der Waals surface area contributed by atoms with Crippen LogP contribution in [0.15, 0.2) is 406 Å². The molecule has 2 aliphatic rings. The topological polar surface area (TPSA) is 68.5 Å². The van der Waals surface area contributed by atoms with Gasteiger partial charge in [0.25, 0.3) is 0 Å². The van der Waals surface area contributed by atoms with Crippen molar-refractivity contribution in [1.82, 2.24) is 19.5 Å². The standard InChI is InChI=1S/C110H74N6O2/c1-71-51-52-75-31-14-16-41-88(75)106(71)107-78(57-61-84-70-93(77-33-10-4-11-34-77)113-110(111-84)79-55-53-74(54-56-79)72-27-6-2-7-28-72)35-25-44-90(107)81-59-63-98-104(67-81)118-102-50-23-21-47-96(102)115(98)86-39-24-36-80(65-86)87-40-18-19-43-92(87)94-66-83(73-29-8-3-9-30-73)69-105(112-94)116-99-48-26-45-91(109(99)108-89-42-17-15-32-76(89)58-64-100(108)116)82-60-62-97-103(68-82)117-101-49-22-20-46-95(101)114(97)85-37-12-5-13-38-85/h2-56,58-60,62-70H,57,61H2,1H3. The molecule has 0 saturated heterocycles. The first kappa shape index (κ1) is 69.2. The summed E-state index contributed by atoms with van der Waals surface area (Å²) in [7, 11) is 0. The molecule has 0 radical (unpaired) electrons. The number of fused-ring (bicyclic) bond motifs is 10. The van der Waals surface area contributed by atoms with E-state index in [1.165, 1.54) is 38.6 Å². The fourth-order valence-corrected chi connectivity index (χ4v) is 17.9. The van der Waals surface area contributed by atoms with Crippen molar-refractivity contribution < 1.29 is 9.47 Å². The quantitative estimate of drug-likeness (QED) is 0.101. The Hall–Kier alpha value is -15.5. The van der Waals surface area contributed by atoms with Gasteiger partial charge in [-0.3, -0.25) is 4.57 Å². The summed E-state index contributed by atoms with van der Waals surface area (Å²) in [5.74, 6) is 4.62. The number of hydrogen-bond acceptors (Lipinski definition) is 7. The monoisotopic (exact) mass is 1510 g/mol. The molecule has 8 heteroatoms. The number of para-hydroxylation sites is 5. The Labute approximate surface area is 684 Å². The van der Waals surface area contributed by atoms with Crippen molar-refractivity contribution in [3.05, 3.63) is 423 Å². The highest BCUT2D eigenvalue weighted by Crippen LogP contribution is 2.56. The van der Waals surface area contributed by atoms with Gasteiger partial charge in [-0.05, 0) is 222 Å². The minimum atomic E-state index is 0.681.